The van der Waals surface area contributed by atoms with Crippen LogP contribution in [0.5, 0.6) is 0 Å². The lowest BCUT2D eigenvalue weighted by atomic mass is 9.99. The number of amides is 1. The van der Waals surface area contributed by atoms with Gasteiger partial charge in [0.25, 0.3) is 0 Å². The molecule has 0 saturated heterocycles. The van der Waals surface area contributed by atoms with Gasteiger partial charge in [-0.25, -0.2) is 9.59 Å². The number of carbonyl (C=O) groups excluding carboxylic acids is 2. The monoisotopic (exact) mass is 259 g/mol. The summed E-state index contributed by atoms with van der Waals surface area (Å²) in [4.78, 5) is 22.9. The minimum Gasteiger partial charge on any atom is -0.464 e. The van der Waals surface area contributed by atoms with Gasteiger partial charge in [-0.1, -0.05) is 34.1 Å². The number of nitrogens with one attached hydrogen (secondary N) is 1. The van der Waals surface area contributed by atoms with Gasteiger partial charge < -0.3 is 14.8 Å². The Balaban J connectivity index is 3.88. The smallest absolute Gasteiger partial charge is 0.407 e. The molecule has 1 atom stereocenters. The lowest BCUT2D eigenvalue weighted by Gasteiger charge is -2.19. The highest BCUT2D eigenvalue weighted by Crippen LogP contribution is 2.12. The summed E-state index contributed by atoms with van der Waals surface area (Å²) in [6, 6.07) is -0.686. The summed E-state index contributed by atoms with van der Waals surface area (Å²) in [5.41, 5.74) is -0.0950. The van der Waals surface area contributed by atoms with E-state index < -0.39 is 18.1 Å². The normalized spacial score (nSPS) is 12.7. The topological polar surface area (TPSA) is 64.6 Å². The number of alkyl carbamates (subject to hydrolysis) is 1. The fourth-order valence-corrected chi connectivity index (χ4v) is 1.00. The molecule has 5 heteroatoms. The summed E-state index contributed by atoms with van der Waals surface area (Å²) >= 11 is 0. The molecule has 0 aromatic carbocycles. The Labute approximate surface area is 109 Å². The molecule has 0 heterocycles. The zero-order valence-electron chi connectivity index (χ0n) is 12.0. The maximum Gasteiger partial charge on any atom is 0.407 e. The fourth-order valence-electron chi connectivity index (χ4n) is 1.00. The van der Waals surface area contributed by atoms with Crippen molar-refractivity contribution in [3.05, 3.63) is 0 Å². The van der Waals surface area contributed by atoms with Crippen LogP contribution in [-0.2, 0) is 14.3 Å². The van der Waals surface area contributed by atoms with E-state index in [1.807, 2.05) is 27.7 Å². The summed E-state index contributed by atoms with van der Waals surface area (Å²) in [6.07, 6.45) is 1.19. The van der Waals surface area contributed by atoms with Gasteiger partial charge in [0.15, 0.2) is 0 Å². The van der Waals surface area contributed by atoms with Crippen LogP contribution < -0.4 is 5.32 Å². The van der Waals surface area contributed by atoms with E-state index in [2.05, 4.69) is 5.32 Å². The predicted octanol–water partition coefficient (Wildman–Crippen LogP) is 2.49. The molecule has 0 aliphatic carbocycles. The van der Waals surface area contributed by atoms with E-state index in [1.54, 1.807) is 6.92 Å². The van der Waals surface area contributed by atoms with E-state index >= 15 is 0 Å². The summed E-state index contributed by atoms with van der Waals surface area (Å²) in [6.45, 7) is 10.2. The molecule has 0 unspecified atom stereocenters. The molecular formula is C13H25NO4. The Morgan fingerprint density at radius 3 is 2.33 bits per heavy atom. The molecule has 0 spiro atoms. The van der Waals surface area contributed by atoms with Crippen LogP contribution in [-0.4, -0.2) is 31.3 Å². The molecule has 0 aromatic heterocycles. The molecule has 0 aliphatic rings. The van der Waals surface area contributed by atoms with Crippen molar-refractivity contribution in [2.24, 2.45) is 5.41 Å². The number of unbranched alkanes of at least 4 members (excludes halogenated alkanes) is 1. The molecule has 5 nitrogen and oxygen atoms in total. The first-order valence-corrected chi connectivity index (χ1v) is 6.36. The SMILES string of the molecule is CCCCOC(=O)[C@H](C)NC(=O)OCC(C)(C)C. The molecule has 1 amide bonds. The third-order valence-electron chi connectivity index (χ3n) is 2.07. The van der Waals surface area contributed by atoms with Gasteiger partial charge in [-0.15, -0.1) is 0 Å². The van der Waals surface area contributed by atoms with Gasteiger partial charge in [-0.2, -0.15) is 0 Å². The third kappa shape index (κ3) is 8.84. The highest BCUT2D eigenvalue weighted by molar-refractivity contribution is 5.80. The van der Waals surface area contributed by atoms with Crippen molar-refractivity contribution < 1.29 is 19.1 Å². The van der Waals surface area contributed by atoms with Gasteiger partial charge >= 0.3 is 12.1 Å². The van der Waals surface area contributed by atoms with Gasteiger partial charge in [0, 0.05) is 0 Å². The Hall–Kier alpha value is -1.26. The Kier molecular flexibility index (Phi) is 7.39. The number of rotatable bonds is 6. The first kappa shape index (κ1) is 16.7. The van der Waals surface area contributed by atoms with Gasteiger partial charge in [-0.05, 0) is 18.8 Å². The van der Waals surface area contributed by atoms with Crippen LogP contribution in [0, 0.1) is 5.41 Å². The summed E-state index contributed by atoms with van der Waals surface area (Å²) < 4.78 is 9.98. The quantitative estimate of drug-likeness (QED) is 0.588. The average molecular weight is 259 g/mol. The maximum absolute atomic E-state index is 11.5. The van der Waals surface area contributed by atoms with E-state index in [0.29, 0.717) is 13.2 Å². The number of hydrogen-bond acceptors (Lipinski definition) is 4. The van der Waals surface area contributed by atoms with Crippen molar-refractivity contribution in [3.63, 3.8) is 0 Å². The second kappa shape index (κ2) is 7.95. The summed E-state index contributed by atoms with van der Waals surface area (Å²) in [5.74, 6) is -0.434. The predicted molar refractivity (Wildman–Crippen MR) is 69.3 cm³/mol. The van der Waals surface area contributed by atoms with Crippen LogP contribution >= 0.6 is 0 Å². The number of carbonyl (C=O) groups is 2. The lowest BCUT2D eigenvalue weighted by molar-refractivity contribution is -0.145. The fraction of sp³-hybridized carbons (Fsp3) is 0.846. The van der Waals surface area contributed by atoms with E-state index in [-0.39, 0.29) is 5.41 Å². The Bertz CT molecular complexity index is 271. The zero-order chi connectivity index (χ0) is 14.2. The second-order valence-corrected chi connectivity index (χ2v) is 5.52. The molecule has 1 N–H and O–H groups in total. The molecule has 0 aliphatic heterocycles. The molecule has 0 radical (unpaired) electrons. The largest absolute Gasteiger partial charge is 0.464 e. The minimum atomic E-state index is -0.686. The molecule has 0 saturated carbocycles. The van der Waals surface area contributed by atoms with E-state index in [0.717, 1.165) is 12.8 Å². The number of esters is 1. The second-order valence-electron chi connectivity index (χ2n) is 5.52. The third-order valence-corrected chi connectivity index (χ3v) is 2.07. The standard InChI is InChI=1S/C13H25NO4/c1-6-7-8-17-11(15)10(2)14-12(16)18-9-13(3,4)5/h10H,6-9H2,1-5H3,(H,14,16)/t10-/m0/s1. The molecule has 106 valence electrons. The van der Waals surface area contributed by atoms with Crippen molar-refractivity contribution in [1.82, 2.24) is 5.32 Å². The molecule has 0 fully saturated rings. The van der Waals surface area contributed by atoms with Crippen molar-refractivity contribution in [3.8, 4) is 0 Å². The van der Waals surface area contributed by atoms with Crippen LogP contribution in [0.4, 0.5) is 4.79 Å². The minimum absolute atomic E-state index is 0.0950. The highest BCUT2D eigenvalue weighted by atomic mass is 16.6. The van der Waals surface area contributed by atoms with E-state index in [9.17, 15) is 9.59 Å². The van der Waals surface area contributed by atoms with Gasteiger partial charge in [-0.3, -0.25) is 0 Å². The Morgan fingerprint density at radius 1 is 1.22 bits per heavy atom. The van der Waals surface area contributed by atoms with Crippen molar-refractivity contribution in [2.45, 2.75) is 53.5 Å². The first-order chi connectivity index (χ1) is 8.26. The van der Waals surface area contributed by atoms with Crippen molar-refractivity contribution in [2.75, 3.05) is 13.2 Å². The van der Waals surface area contributed by atoms with Crippen molar-refractivity contribution in [1.29, 1.82) is 0 Å². The molecular weight excluding hydrogens is 234 g/mol. The summed E-state index contributed by atoms with van der Waals surface area (Å²) in [7, 11) is 0. The van der Waals surface area contributed by atoms with Gasteiger partial charge in [0.2, 0.25) is 0 Å². The van der Waals surface area contributed by atoms with Crippen LogP contribution in [0.15, 0.2) is 0 Å². The first-order valence-electron chi connectivity index (χ1n) is 6.36. The maximum atomic E-state index is 11.5. The molecule has 0 bridgehead atoms. The van der Waals surface area contributed by atoms with Crippen LogP contribution in [0.3, 0.4) is 0 Å². The summed E-state index contributed by atoms with van der Waals surface area (Å²) in [5, 5.41) is 2.44. The Morgan fingerprint density at radius 2 is 1.83 bits per heavy atom. The zero-order valence-corrected chi connectivity index (χ0v) is 12.0. The van der Waals surface area contributed by atoms with Crippen LogP contribution in [0.25, 0.3) is 0 Å². The number of ether oxygens (including phenoxy) is 2. The lowest BCUT2D eigenvalue weighted by Crippen LogP contribution is -2.40. The average Bonchev–Trinajstić information content (AvgIpc) is 2.25. The number of hydrogen-bond donors (Lipinski definition) is 1. The van der Waals surface area contributed by atoms with Crippen LogP contribution in [0.2, 0.25) is 0 Å². The molecule has 18 heavy (non-hydrogen) atoms. The van der Waals surface area contributed by atoms with Crippen molar-refractivity contribution >= 4 is 12.1 Å². The molecule has 0 rings (SSSR count). The van der Waals surface area contributed by atoms with Gasteiger partial charge in [0.1, 0.15) is 6.04 Å². The van der Waals surface area contributed by atoms with E-state index in [4.69, 9.17) is 9.47 Å². The van der Waals surface area contributed by atoms with Gasteiger partial charge in [0.05, 0.1) is 13.2 Å². The van der Waals surface area contributed by atoms with E-state index in [1.165, 1.54) is 0 Å². The molecule has 0 aromatic rings. The van der Waals surface area contributed by atoms with Crippen LogP contribution in [0.1, 0.15) is 47.5 Å². The highest BCUT2D eigenvalue weighted by Gasteiger charge is 2.19.